The quantitative estimate of drug-likeness (QED) is 0.820. The Balaban J connectivity index is 1.71. The van der Waals surface area contributed by atoms with Crippen molar-refractivity contribution in [3.8, 4) is 0 Å². The van der Waals surface area contributed by atoms with E-state index in [1.807, 2.05) is 20.8 Å². The molecule has 4 nitrogen and oxygen atoms in total. The summed E-state index contributed by atoms with van der Waals surface area (Å²) in [4.78, 5) is 17.3. The molecule has 2 aliphatic rings. The minimum Gasteiger partial charge on any atom is -0.444 e. The maximum absolute atomic E-state index is 12.7. The SMILES string of the molecule is CC(C)(C)OC(=O)N1C2CCCCC1CN(Cc1ccccc1)C2. The molecule has 2 fully saturated rings. The van der Waals surface area contributed by atoms with E-state index in [-0.39, 0.29) is 18.2 Å². The summed E-state index contributed by atoms with van der Waals surface area (Å²) in [6, 6.07) is 11.2. The van der Waals surface area contributed by atoms with Gasteiger partial charge in [-0.15, -0.1) is 0 Å². The Kier molecular flexibility index (Phi) is 5.14. The molecule has 24 heavy (non-hydrogen) atoms. The average Bonchev–Trinajstić information content (AvgIpc) is 2.63. The predicted molar refractivity (Wildman–Crippen MR) is 95.8 cm³/mol. The van der Waals surface area contributed by atoms with Crippen LogP contribution in [0.5, 0.6) is 0 Å². The molecule has 2 saturated heterocycles. The molecule has 3 rings (SSSR count). The lowest BCUT2D eigenvalue weighted by Gasteiger charge is -2.45. The molecule has 2 unspecified atom stereocenters. The maximum Gasteiger partial charge on any atom is 0.410 e. The topological polar surface area (TPSA) is 32.8 Å². The first-order chi connectivity index (χ1) is 11.4. The standard InChI is InChI=1S/C20H30N2O2/c1-20(2,3)24-19(23)22-17-11-7-8-12-18(22)15-21(14-17)13-16-9-5-4-6-10-16/h4-6,9-10,17-18H,7-8,11-15H2,1-3H3. The van der Waals surface area contributed by atoms with Crippen LogP contribution in [0, 0.1) is 0 Å². The molecule has 2 atom stereocenters. The van der Waals surface area contributed by atoms with E-state index in [9.17, 15) is 4.79 Å². The Morgan fingerprint density at radius 3 is 2.21 bits per heavy atom. The third-order valence-electron chi connectivity index (χ3n) is 4.90. The van der Waals surface area contributed by atoms with Gasteiger partial charge in [0.1, 0.15) is 5.60 Å². The summed E-state index contributed by atoms with van der Waals surface area (Å²) in [6.45, 7) is 8.70. The molecular weight excluding hydrogens is 300 g/mol. The molecule has 1 aromatic rings. The van der Waals surface area contributed by atoms with E-state index in [2.05, 4.69) is 40.1 Å². The van der Waals surface area contributed by atoms with Crippen LogP contribution in [-0.2, 0) is 11.3 Å². The number of fused-ring (bicyclic) bond motifs is 2. The van der Waals surface area contributed by atoms with Gasteiger partial charge in [0.05, 0.1) is 0 Å². The molecule has 2 aliphatic heterocycles. The third kappa shape index (κ3) is 4.29. The smallest absolute Gasteiger partial charge is 0.410 e. The third-order valence-corrected chi connectivity index (χ3v) is 4.90. The van der Waals surface area contributed by atoms with E-state index in [0.717, 1.165) is 32.5 Å². The number of hydrogen-bond acceptors (Lipinski definition) is 3. The number of hydrogen-bond donors (Lipinski definition) is 0. The van der Waals surface area contributed by atoms with Gasteiger partial charge in [0.25, 0.3) is 0 Å². The second-order valence-corrected chi connectivity index (χ2v) is 8.16. The first-order valence-corrected chi connectivity index (χ1v) is 9.20. The van der Waals surface area contributed by atoms with Gasteiger partial charge in [-0.1, -0.05) is 43.2 Å². The summed E-state index contributed by atoms with van der Waals surface area (Å²) in [7, 11) is 0. The van der Waals surface area contributed by atoms with Crippen LogP contribution in [0.4, 0.5) is 4.79 Å². The van der Waals surface area contributed by atoms with Gasteiger partial charge in [-0.25, -0.2) is 4.79 Å². The number of ether oxygens (including phenoxy) is 1. The summed E-state index contributed by atoms with van der Waals surface area (Å²) >= 11 is 0. The summed E-state index contributed by atoms with van der Waals surface area (Å²) in [5.74, 6) is 0. The highest BCUT2D eigenvalue weighted by Crippen LogP contribution is 2.30. The second kappa shape index (κ2) is 7.14. The number of piperazine rings is 1. The highest BCUT2D eigenvalue weighted by Gasteiger charge is 2.40. The second-order valence-electron chi connectivity index (χ2n) is 8.16. The van der Waals surface area contributed by atoms with Crippen molar-refractivity contribution in [1.82, 2.24) is 9.80 Å². The highest BCUT2D eigenvalue weighted by molar-refractivity contribution is 5.69. The molecule has 0 spiro atoms. The predicted octanol–water partition coefficient (Wildman–Crippen LogP) is 4.05. The van der Waals surface area contributed by atoms with Crippen molar-refractivity contribution in [3.63, 3.8) is 0 Å². The van der Waals surface area contributed by atoms with Crippen molar-refractivity contribution in [1.29, 1.82) is 0 Å². The molecule has 4 heteroatoms. The summed E-state index contributed by atoms with van der Waals surface area (Å²) in [6.07, 6.45) is 4.46. The van der Waals surface area contributed by atoms with Gasteiger partial charge in [-0.3, -0.25) is 9.80 Å². The van der Waals surface area contributed by atoms with Gasteiger partial charge in [0, 0.05) is 31.7 Å². The Hall–Kier alpha value is -1.55. The van der Waals surface area contributed by atoms with E-state index in [4.69, 9.17) is 4.74 Å². The minimum atomic E-state index is -0.429. The van der Waals surface area contributed by atoms with Gasteiger partial charge in [-0.05, 0) is 39.2 Å². The Morgan fingerprint density at radius 2 is 1.67 bits per heavy atom. The lowest BCUT2D eigenvalue weighted by molar-refractivity contribution is -0.0219. The van der Waals surface area contributed by atoms with Crippen LogP contribution in [0.15, 0.2) is 30.3 Å². The molecule has 0 aromatic heterocycles. The molecule has 2 heterocycles. The summed E-state index contributed by atoms with van der Waals surface area (Å²) < 4.78 is 5.69. The molecule has 2 bridgehead atoms. The first kappa shape index (κ1) is 17.3. The van der Waals surface area contributed by atoms with Crippen molar-refractivity contribution < 1.29 is 9.53 Å². The fourth-order valence-corrected chi connectivity index (χ4v) is 3.95. The molecule has 0 N–H and O–H groups in total. The fraction of sp³-hybridized carbons (Fsp3) is 0.650. The zero-order valence-electron chi connectivity index (χ0n) is 15.2. The largest absolute Gasteiger partial charge is 0.444 e. The number of benzene rings is 1. The Bertz CT molecular complexity index is 537. The molecule has 0 saturated carbocycles. The lowest BCUT2D eigenvalue weighted by Crippen LogP contribution is -2.60. The number of nitrogens with zero attached hydrogens (tertiary/aromatic N) is 2. The van der Waals surface area contributed by atoms with Crippen molar-refractivity contribution in [2.45, 2.75) is 70.7 Å². The van der Waals surface area contributed by atoms with Crippen molar-refractivity contribution in [3.05, 3.63) is 35.9 Å². The maximum atomic E-state index is 12.7. The molecule has 0 aliphatic carbocycles. The van der Waals surface area contributed by atoms with Crippen LogP contribution in [-0.4, -0.2) is 46.7 Å². The van der Waals surface area contributed by atoms with Crippen LogP contribution in [0.3, 0.4) is 0 Å². The van der Waals surface area contributed by atoms with Gasteiger partial charge < -0.3 is 4.74 Å². The number of carbonyl (C=O) groups excluding carboxylic acids is 1. The number of carbonyl (C=O) groups is 1. The van der Waals surface area contributed by atoms with Gasteiger partial charge >= 0.3 is 6.09 Å². The lowest BCUT2D eigenvalue weighted by atomic mass is 10.0. The molecular formula is C20H30N2O2. The van der Waals surface area contributed by atoms with Crippen LogP contribution < -0.4 is 0 Å². The highest BCUT2D eigenvalue weighted by atomic mass is 16.6. The normalized spacial score (nSPS) is 25.2. The van der Waals surface area contributed by atoms with E-state index in [1.165, 1.54) is 18.4 Å². The van der Waals surface area contributed by atoms with Crippen LogP contribution >= 0.6 is 0 Å². The number of rotatable bonds is 2. The summed E-state index contributed by atoms with van der Waals surface area (Å²) in [5, 5.41) is 0. The first-order valence-electron chi connectivity index (χ1n) is 9.20. The fourth-order valence-electron chi connectivity index (χ4n) is 3.95. The molecule has 1 amide bonds. The van der Waals surface area contributed by atoms with Crippen LogP contribution in [0.25, 0.3) is 0 Å². The Morgan fingerprint density at radius 1 is 1.08 bits per heavy atom. The molecule has 1 aromatic carbocycles. The van der Waals surface area contributed by atoms with Crippen LogP contribution in [0.1, 0.15) is 52.0 Å². The number of amides is 1. The minimum absolute atomic E-state index is 0.126. The van der Waals surface area contributed by atoms with Gasteiger partial charge in [-0.2, -0.15) is 0 Å². The Labute approximate surface area is 145 Å². The van der Waals surface area contributed by atoms with Crippen molar-refractivity contribution in [2.24, 2.45) is 0 Å². The van der Waals surface area contributed by atoms with E-state index < -0.39 is 5.60 Å². The van der Waals surface area contributed by atoms with E-state index in [1.54, 1.807) is 0 Å². The molecule has 132 valence electrons. The zero-order valence-corrected chi connectivity index (χ0v) is 15.2. The molecule has 0 radical (unpaired) electrons. The zero-order chi connectivity index (χ0) is 17.2. The van der Waals surface area contributed by atoms with Gasteiger partial charge in [0.2, 0.25) is 0 Å². The van der Waals surface area contributed by atoms with E-state index >= 15 is 0 Å². The van der Waals surface area contributed by atoms with Crippen molar-refractivity contribution >= 4 is 6.09 Å². The average molecular weight is 330 g/mol. The van der Waals surface area contributed by atoms with Crippen molar-refractivity contribution in [2.75, 3.05) is 13.1 Å². The van der Waals surface area contributed by atoms with Gasteiger partial charge in [0.15, 0.2) is 0 Å². The summed E-state index contributed by atoms with van der Waals surface area (Å²) in [5.41, 5.74) is 0.918. The van der Waals surface area contributed by atoms with Crippen LogP contribution in [0.2, 0.25) is 0 Å². The monoisotopic (exact) mass is 330 g/mol. The van der Waals surface area contributed by atoms with E-state index in [0.29, 0.717) is 0 Å².